The van der Waals surface area contributed by atoms with E-state index in [9.17, 15) is 18.4 Å². The number of benzene rings is 2. The molecule has 0 radical (unpaired) electrons. The van der Waals surface area contributed by atoms with E-state index in [0.717, 1.165) is 18.2 Å². The van der Waals surface area contributed by atoms with E-state index in [1.54, 1.807) is 12.1 Å². The summed E-state index contributed by atoms with van der Waals surface area (Å²) in [6.07, 6.45) is -0.551. The average Bonchev–Trinajstić information content (AvgIpc) is 3.25. The normalized spacial score (nSPS) is 22.0. The summed E-state index contributed by atoms with van der Waals surface area (Å²) in [6.45, 7) is -0.338. The number of nitrogens with one attached hydrogen (secondary N) is 1. The fourth-order valence-electron chi connectivity index (χ4n) is 5.70. The van der Waals surface area contributed by atoms with Crippen molar-refractivity contribution in [2.75, 3.05) is 26.2 Å². The summed E-state index contributed by atoms with van der Waals surface area (Å²) in [4.78, 5) is 28.8. The third-order valence-corrected chi connectivity index (χ3v) is 9.12. The lowest BCUT2D eigenvalue weighted by atomic mass is 9.71. The van der Waals surface area contributed by atoms with Crippen LogP contribution in [0.1, 0.15) is 22.5 Å². The van der Waals surface area contributed by atoms with Crippen molar-refractivity contribution < 1.29 is 41.8 Å². The molecule has 43 heavy (non-hydrogen) atoms. The summed E-state index contributed by atoms with van der Waals surface area (Å²) >= 11 is 17.7. The van der Waals surface area contributed by atoms with Gasteiger partial charge in [-0.3, -0.25) is 15.0 Å². The standard InChI is InChI=1S/C27H20Cl3F4N5O4/c28-13-2-3-14-19(6-13)43-37-20(14)23(41)38-8-16(25(9-38)10-39(11-25)22(40)15-7-26(15,31)32)21(35)42-24(36)27(33,34)12-1-4-17(29)18(30)5-12/h1-6,15-16,35-36H,7-11H2/p+1/t15-,16?/m1/s1. The minimum absolute atomic E-state index is 0.0239. The number of carbonyl (C=O) groups excluding carboxylic acids is 2. The van der Waals surface area contributed by atoms with Crippen molar-refractivity contribution in [1.29, 1.82) is 5.41 Å². The van der Waals surface area contributed by atoms with Gasteiger partial charge in [-0.2, -0.15) is 8.78 Å². The van der Waals surface area contributed by atoms with Gasteiger partial charge in [-0.05, 0) is 24.3 Å². The Bertz CT molecular complexity index is 1710. The number of alkyl halides is 4. The SMILES string of the molecule is N=C(OC(=[NH2+])C1CN(C(=O)c2noc3cc(Cl)ccc23)CC12CN(C(=O)[C@H]1CC1(F)F)C2)C(F)(F)c1ccc(Cl)c(Cl)c1. The molecule has 6 rings (SSSR count). The number of amides is 2. The molecule has 1 unspecified atom stereocenters. The zero-order valence-electron chi connectivity index (χ0n) is 21.9. The summed E-state index contributed by atoms with van der Waals surface area (Å²) in [6, 6.07) is 7.62. The number of rotatable bonds is 5. The van der Waals surface area contributed by atoms with Crippen LogP contribution in [0.5, 0.6) is 0 Å². The predicted octanol–water partition coefficient (Wildman–Crippen LogP) is 4.29. The van der Waals surface area contributed by atoms with Crippen LogP contribution in [0.4, 0.5) is 17.6 Å². The van der Waals surface area contributed by atoms with Crippen LogP contribution in [0.15, 0.2) is 40.9 Å². The molecular formula is C27H21Cl3F4N5O4+. The maximum absolute atomic E-state index is 15.2. The van der Waals surface area contributed by atoms with Crippen LogP contribution < -0.4 is 5.41 Å². The molecule has 2 aromatic carbocycles. The van der Waals surface area contributed by atoms with Gasteiger partial charge in [-0.1, -0.05) is 46.0 Å². The van der Waals surface area contributed by atoms with Crippen molar-refractivity contribution in [3.63, 3.8) is 0 Å². The summed E-state index contributed by atoms with van der Waals surface area (Å²) < 4.78 is 67.9. The molecule has 2 amide bonds. The van der Waals surface area contributed by atoms with E-state index < -0.39 is 64.7 Å². The van der Waals surface area contributed by atoms with Gasteiger partial charge in [0.25, 0.3) is 17.7 Å². The lowest BCUT2D eigenvalue weighted by Gasteiger charge is -2.49. The highest BCUT2D eigenvalue weighted by molar-refractivity contribution is 6.42. The smallest absolute Gasteiger partial charge is 0.347 e. The second-order valence-electron chi connectivity index (χ2n) is 11.0. The van der Waals surface area contributed by atoms with E-state index >= 15 is 8.78 Å². The van der Waals surface area contributed by atoms with E-state index in [1.165, 1.54) is 15.9 Å². The molecule has 9 nitrogen and oxygen atoms in total. The highest BCUT2D eigenvalue weighted by Gasteiger charge is 2.67. The lowest BCUT2D eigenvalue weighted by molar-refractivity contribution is -0.159. The number of likely N-dealkylation sites (tertiary alicyclic amines) is 2. The van der Waals surface area contributed by atoms with Gasteiger partial charge in [0.05, 0.1) is 15.4 Å². The molecule has 226 valence electrons. The Morgan fingerprint density at radius 2 is 1.72 bits per heavy atom. The van der Waals surface area contributed by atoms with Gasteiger partial charge in [-0.25, -0.2) is 14.2 Å². The number of fused-ring (bicyclic) bond motifs is 1. The molecule has 3 aromatic rings. The highest BCUT2D eigenvalue weighted by atomic mass is 35.5. The van der Waals surface area contributed by atoms with Gasteiger partial charge in [0.15, 0.2) is 11.3 Å². The quantitative estimate of drug-likeness (QED) is 0.240. The minimum Gasteiger partial charge on any atom is -0.387 e. The lowest BCUT2D eigenvalue weighted by Crippen LogP contribution is -2.66. The van der Waals surface area contributed by atoms with Crippen LogP contribution in [0.3, 0.4) is 0 Å². The van der Waals surface area contributed by atoms with Crippen molar-refractivity contribution in [1.82, 2.24) is 15.0 Å². The van der Waals surface area contributed by atoms with Crippen molar-refractivity contribution >= 4 is 69.4 Å². The highest BCUT2D eigenvalue weighted by Crippen LogP contribution is 2.52. The number of nitrogens with two attached hydrogens (primary N) is 1. The Hall–Kier alpha value is -3.42. The molecule has 1 saturated carbocycles. The van der Waals surface area contributed by atoms with Gasteiger partial charge >= 0.3 is 11.8 Å². The van der Waals surface area contributed by atoms with E-state index in [4.69, 9.17) is 54.9 Å². The number of halogens is 7. The number of hydrogen-bond acceptors (Lipinski definition) is 6. The van der Waals surface area contributed by atoms with E-state index in [1.807, 2.05) is 0 Å². The van der Waals surface area contributed by atoms with Crippen molar-refractivity contribution in [2.45, 2.75) is 18.3 Å². The fourth-order valence-corrected chi connectivity index (χ4v) is 6.16. The molecule has 2 atom stereocenters. The molecule has 2 saturated heterocycles. The van der Waals surface area contributed by atoms with E-state index in [2.05, 4.69) is 5.16 Å². The van der Waals surface area contributed by atoms with Crippen LogP contribution in [0.2, 0.25) is 15.1 Å². The summed E-state index contributed by atoms with van der Waals surface area (Å²) in [5, 5.41) is 18.7. The zero-order valence-corrected chi connectivity index (χ0v) is 24.1. The molecular weight excluding hydrogens is 641 g/mol. The second-order valence-corrected chi connectivity index (χ2v) is 12.3. The Morgan fingerprint density at radius 1 is 1.05 bits per heavy atom. The average molecular weight is 662 g/mol. The first kappa shape index (κ1) is 29.6. The first-order chi connectivity index (χ1) is 20.1. The predicted molar refractivity (Wildman–Crippen MR) is 147 cm³/mol. The number of nitrogens with zero attached hydrogens (tertiary/aromatic N) is 3. The largest absolute Gasteiger partial charge is 0.387 e. The van der Waals surface area contributed by atoms with Gasteiger partial charge in [0.2, 0.25) is 5.91 Å². The van der Waals surface area contributed by atoms with Crippen LogP contribution in [-0.4, -0.2) is 70.7 Å². The van der Waals surface area contributed by atoms with Crippen LogP contribution in [0.25, 0.3) is 11.0 Å². The summed E-state index contributed by atoms with van der Waals surface area (Å²) in [7, 11) is 0. The molecule has 3 fully saturated rings. The Balaban J connectivity index is 1.24. The fraction of sp³-hybridized carbons (Fsp3) is 0.370. The number of ether oxygens (including phenoxy) is 1. The van der Waals surface area contributed by atoms with Gasteiger partial charge < -0.3 is 19.1 Å². The first-order valence-corrected chi connectivity index (χ1v) is 14.0. The molecule has 3 N–H and O–H groups in total. The number of aromatic nitrogens is 1. The van der Waals surface area contributed by atoms with Crippen molar-refractivity contribution in [2.24, 2.45) is 17.3 Å². The van der Waals surface area contributed by atoms with Crippen LogP contribution in [-0.2, 0) is 15.5 Å². The number of carbonyl (C=O) groups is 2. The Kier molecular flexibility index (Phi) is 6.94. The minimum atomic E-state index is -3.96. The molecule has 1 aliphatic carbocycles. The first-order valence-electron chi connectivity index (χ1n) is 12.9. The molecule has 0 bridgehead atoms. The third kappa shape index (κ3) is 5.00. The van der Waals surface area contributed by atoms with Crippen LogP contribution in [0, 0.1) is 22.7 Å². The maximum atomic E-state index is 15.2. The van der Waals surface area contributed by atoms with Crippen molar-refractivity contribution in [3.05, 3.63) is 62.7 Å². The zero-order chi connectivity index (χ0) is 31.1. The third-order valence-electron chi connectivity index (χ3n) is 8.15. The molecule has 1 spiro atoms. The molecule has 1 aromatic heterocycles. The Labute approximate surface area is 255 Å². The van der Waals surface area contributed by atoms with E-state index in [0.29, 0.717) is 10.4 Å². The van der Waals surface area contributed by atoms with Gasteiger partial charge in [0, 0.05) is 54.7 Å². The molecule has 2 aliphatic heterocycles. The molecule has 16 heteroatoms. The molecule has 3 aliphatic rings. The molecule has 3 heterocycles. The van der Waals surface area contributed by atoms with Gasteiger partial charge in [-0.15, -0.1) is 0 Å². The monoisotopic (exact) mass is 660 g/mol. The van der Waals surface area contributed by atoms with Crippen LogP contribution >= 0.6 is 34.8 Å². The van der Waals surface area contributed by atoms with E-state index in [-0.39, 0.29) is 47.5 Å². The van der Waals surface area contributed by atoms with Crippen molar-refractivity contribution in [3.8, 4) is 0 Å². The second kappa shape index (κ2) is 10.1. The summed E-state index contributed by atoms with van der Waals surface area (Å²) in [5.41, 5.74) is -1.45. The topological polar surface area (TPSA) is 125 Å². The Morgan fingerprint density at radius 3 is 2.37 bits per heavy atom. The van der Waals surface area contributed by atoms with Gasteiger partial charge in [0.1, 0.15) is 11.8 Å². The number of hydrogen-bond donors (Lipinski definition) is 2. The maximum Gasteiger partial charge on any atom is 0.347 e. The summed E-state index contributed by atoms with van der Waals surface area (Å²) in [5.74, 6) is -12.7.